The quantitative estimate of drug-likeness (QED) is 0.0173. The third-order valence-electron chi connectivity index (χ3n) is 12.9. The highest BCUT2D eigenvalue weighted by Crippen LogP contribution is 2.41. The van der Waals surface area contributed by atoms with Crippen molar-refractivity contribution in [2.24, 2.45) is 10.5 Å². The Bertz CT molecular complexity index is 3240. The lowest BCUT2D eigenvalue weighted by molar-refractivity contribution is -0.144. The van der Waals surface area contributed by atoms with Gasteiger partial charge in [-0.25, -0.2) is 10.4 Å². The number of ether oxygens (including phenoxy) is 3. The summed E-state index contributed by atoms with van der Waals surface area (Å²) in [5, 5.41) is 41.1. The third kappa shape index (κ3) is 14.0. The number of hydrogen-bond donors (Lipinski definition) is 6. The van der Waals surface area contributed by atoms with Crippen molar-refractivity contribution in [2.75, 3.05) is 39.6 Å². The van der Waals surface area contributed by atoms with Gasteiger partial charge in [-0.15, -0.1) is 22.7 Å². The Hall–Kier alpha value is -7.81. The van der Waals surface area contributed by atoms with Gasteiger partial charge in [0, 0.05) is 44.6 Å². The number of thiophene rings is 1. The van der Waals surface area contributed by atoms with Gasteiger partial charge in [0.05, 0.1) is 54.3 Å². The summed E-state index contributed by atoms with van der Waals surface area (Å²) in [6.07, 6.45) is 0.654. The fourth-order valence-electron chi connectivity index (χ4n) is 8.75. The molecule has 0 radical (unpaired) electrons. The van der Waals surface area contributed by atoms with Crippen LogP contribution in [-0.4, -0.2) is 119 Å². The normalized spacial score (nSPS) is 15.3. The molecule has 8 rings (SSSR count). The molecule has 0 spiro atoms. The number of aliphatic hydroxyl groups excluding tert-OH is 1. The Labute approximate surface area is 453 Å². The number of phenols is 2. The maximum absolute atomic E-state index is 14.0. The number of nitrogens with zero attached hydrogens (tertiary/aromatic N) is 3. The number of carbonyl (C=O) groups excluding carboxylic acids is 5. The number of aromatic nitrogens is 1. The number of fused-ring (bicyclic) bond motifs is 1. The maximum Gasteiger partial charge on any atom is 0.271 e. The maximum atomic E-state index is 14.0. The van der Waals surface area contributed by atoms with Crippen LogP contribution in [0.25, 0.3) is 31.0 Å². The van der Waals surface area contributed by atoms with Gasteiger partial charge in [-0.05, 0) is 120 Å². The van der Waals surface area contributed by atoms with Crippen molar-refractivity contribution >= 4 is 68.4 Å². The number of β-amino-alcohol motifs (C(OH)–C–C–N with tert-alkyl or cyclic N) is 1. The molecule has 7 aromatic rings. The predicted octanol–water partition coefficient (Wildman–Crippen LogP) is 8.19. The first-order valence-electron chi connectivity index (χ1n) is 24.9. The van der Waals surface area contributed by atoms with Crippen LogP contribution in [0.3, 0.4) is 0 Å². The van der Waals surface area contributed by atoms with Crippen molar-refractivity contribution < 1.29 is 53.5 Å². The molecule has 4 unspecified atom stereocenters. The fourth-order valence-corrected chi connectivity index (χ4v) is 10.8. The molecule has 2 aromatic heterocycles. The van der Waals surface area contributed by atoms with E-state index in [-0.39, 0.29) is 69.3 Å². The molecule has 1 saturated heterocycles. The first-order valence-corrected chi connectivity index (χ1v) is 26.6. The molecule has 1 aliphatic heterocycles. The van der Waals surface area contributed by atoms with E-state index in [2.05, 4.69) is 26.1 Å². The summed E-state index contributed by atoms with van der Waals surface area (Å²) in [4.78, 5) is 75.1. The first-order chi connectivity index (χ1) is 36.9. The molecule has 77 heavy (non-hydrogen) atoms. The van der Waals surface area contributed by atoms with Gasteiger partial charge in [0.15, 0.2) is 5.78 Å². The SMILES string of the molecule is Cc1ncsc1-c1ccc(C(C)NC(=O)C2CC(O)CN2C(=O)C(NC(=O)COCCOCCOc2ccc(C=NNC(=O)c3ccc(C(=O)c4c(-c5ccc(O)cc5)sc5cc(O)ccc45)cc3)cc2)C(C)(C)C)cc1. The molecule has 1 aliphatic rings. The summed E-state index contributed by atoms with van der Waals surface area (Å²) < 4.78 is 17.7. The number of aliphatic hydroxyl groups is 1. The molecule has 5 aromatic carbocycles. The van der Waals surface area contributed by atoms with Gasteiger partial charge in [0.1, 0.15) is 42.5 Å². The fraction of sp³-hybridized carbons (Fsp3) is 0.293. The Kier molecular flexibility index (Phi) is 17.9. The Morgan fingerprint density at radius 2 is 1.45 bits per heavy atom. The van der Waals surface area contributed by atoms with Crippen LogP contribution in [0.5, 0.6) is 17.2 Å². The average molecular weight is 1080 g/mol. The summed E-state index contributed by atoms with van der Waals surface area (Å²) in [7, 11) is 0. The van der Waals surface area contributed by atoms with Crippen LogP contribution in [-0.2, 0) is 23.9 Å². The summed E-state index contributed by atoms with van der Waals surface area (Å²) in [5.41, 5.74) is 9.01. The summed E-state index contributed by atoms with van der Waals surface area (Å²) in [5.74, 6) is -1.34. The van der Waals surface area contributed by atoms with E-state index in [1.165, 1.54) is 28.5 Å². The van der Waals surface area contributed by atoms with Crippen molar-refractivity contribution in [2.45, 2.75) is 65.3 Å². The van der Waals surface area contributed by atoms with Gasteiger partial charge < -0.3 is 45.1 Å². The van der Waals surface area contributed by atoms with Crippen molar-refractivity contribution in [3.8, 4) is 38.1 Å². The molecule has 0 saturated carbocycles. The molecule has 0 bridgehead atoms. The number of carbonyl (C=O) groups is 5. The molecule has 0 aliphatic carbocycles. The van der Waals surface area contributed by atoms with Crippen LogP contribution in [0.2, 0.25) is 0 Å². The Morgan fingerprint density at radius 3 is 2.14 bits per heavy atom. The molecule has 19 heteroatoms. The number of benzene rings is 5. The van der Waals surface area contributed by atoms with Gasteiger partial charge in [-0.2, -0.15) is 5.10 Å². The number of thiazole rings is 1. The third-order valence-corrected chi connectivity index (χ3v) is 15.0. The largest absolute Gasteiger partial charge is 0.508 e. The number of likely N-dealkylation sites (tertiary alicyclic amines) is 1. The monoisotopic (exact) mass is 1080 g/mol. The number of amides is 4. The summed E-state index contributed by atoms with van der Waals surface area (Å²) in [6.45, 7) is 9.66. The van der Waals surface area contributed by atoms with E-state index >= 15 is 0 Å². The van der Waals surface area contributed by atoms with Crippen molar-refractivity contribution in [1.29, 1.82) is 0 Å². The van der Waals surface area contributed by atoms with Crippen LogP contribution in [0.1, 0.15) is 83.3 Å². The summed E-state index contributed by atoms with van der Waals surface area (Å²) in [6, 6.07) is 30.3. The number of aromatic hydroxyl groups is 2. The van der Waals surface area contributed by atoms with Gasteiger partial charge in [-0.3, -0.25) is 24.0 Å². The van der Waals surface area contributed by atoms with Crippen molar-refractivity contribution in [1.82, 2.24) is 25.9 Å². The molecule has 17 nitrogen and oxygen atoms in total. The van der Waals surface area contributed by atoms with E-state index in [0.29, 0.717) is 38.3 Å². The molecular weight excluding hydrogens is 1020 g/mol. The number of rotatable bonds is 21. The lowest BCUT2D eigenvalue weighted by atomic mass is 9.85. The highest BCUT2D eigenvalue weighted by molar-refractivity contribution is 7.22. The summed E-state index contributed by atoms with van der Waals surface area (Å²) >= 11 is 2.93. The standard InChI is InChI=1S/C58H60N6O11S2/c1-34(37-8-12-39(13-9-37)52-35(2)59-33-76-52)61-56(71)47-28-44(67)31-64(47)57(72)54(58(3,4)5)62-49(68)32-74-25-24-73-26-27-75-45-21-6-36(7-22-45)30-60-63-55(70)41-14-10-38(11-15-41)51(69)50-46-23-20-43(66)29-48(46)77-53(50)40-16-18-42(65)19-17-40/h6-23,29-30,33-34,44,47,54,65-67H,24-28,31-32H2,1-5H3,(H,61,71)(H,62,68)(H,63,70). The predicted molar refractivity (Wildman–Crippen MR) is 295 cm³/mol. The van der Waals surface area contributed by atoms with Crippen molar-refractivity contribution in [3.63, 3.8) is 0 Å². The lowest BCUT2D eigenvalue weighted by Crippen LogP contribution is -2.58. The first kappa shape index (κ1) is 55.4. The Balaban J connectivity index is 0.727. The Morgan fingerprint density at radius 1 is 0.805 bits per heavy atom. The lowest BCUT2D eigenvalue weighted by Gasteiger charge is -2.35. The highest BCUT2D eigenvalue weighted by Gasteiger charge is 2.44. The molecule has 1 fully saturated rings. The van der Waals surface area contributed by atoms with Gasteiger partial charge in [0.2, 0.25) is 17.7 Å². The zero-order valence-corrected chi connectivity index (χ0v) is 44.8. The van der Waals surface area contributed by atoms with E-state index in [9.17, 15) is 39.3 Å². The molecule has 3 heterocycles. The number of phenolic OH excluding ortho intramolecular Hbond substituents is 2. The van der Waals surface area contributed by atoms with Gasteiger partial charge >= 0.3 is 0 Å². The minimum Gasteiger partial charge on any atom is -0.508 e. The van der Waals surface area contributed by atoms with E-state index < -0.39 is 47.2 Å². The second-order valence-corrected chi connectivity index (χ2v) is 21.5. The zero-order chi connectivity index (χ0) is 54.8. The number of hydrazone groups is 1. The minimum atomic E-state index is -1.00. The van der Waals surface area contributed by atoms with E-state index in [0.717, 1.165) is 32.0 Å². The second-order valence-electron chi connectivity index (χ2n) is 19.6. The second kappa shape index (κ2) is 24.9. The molecular formula is C58H60N6O11S2. The van der Waals surface area contributed by atoms with Crippen LogP contribution >= 0.6 is 22.7 Å². The number of nitrogens with one attached hydrogen (secondary N) is 3. The zero-order valence-electron chi connectivity index (χ0n) is 43.1. The van der Waals surface area contributed by atoms with E-state index in [1.54, 1.807) is 102 Å². The van der Waals surface area contributed by atoms with Crippen LogP contribution in [0.4, 0.5) is 0 Å². The van der Waals surface area contributed by atoms with Crippen LogP contribution in [0, 0.1) is 12.3 Å². The number of ketones is 1. The molecule has 4 amide bonds. The average Bonchev–Trinajstić information content (AvgIpc) is 4.15. The van der Waals surface area contributed by atoms with Crippen LogP contribution in [0.15, 0.2) is 126 Å². The van der Waals surface area contributed by atoms with Gasteiger partial charge in [0.25, 0.3) is 5.91 Å². The number of aryl methyl sites for hydroxylation is 1. The molecule has 4 atom stereocenters. The molecule has 6 N–H and O–H groups in total. The topological polar surface area (TPSA) is 238 Å². The van der Waals surface area contributed by atoms with E-state index in [4.69, 9.17) is 14.2 Å². The highest BCUT2D eigenvalue weighted by atomic mass is 32.1. The van der Waals surface area contributed by atoms with E-state index in [1.807, 2.05) is 58.9 Å². The van der Waals surface area contributed by atoms with Crippen molar-refractivity contribution in [3.05, 3.63) is 154 Å². The molecule has 400 valence electrons. The number of hydrogen-bond acceptors (Lipinski definition) is 15. The van der Waals surface area contributed by atoms with Gasteiger partial charge in [-0.1, -0.05) is 57.2 Å². The minimum absolute atomic E-state index is 0.0431. The smallest absolute Gasteiger partial charge is 0.271 e. The van der Waals surface area contributed by atoms with Crippen LogP contribution < -0.4 is 20.8 Å².